The predicted molar refractivity (Wildman–Crippen MR) is 237 cm³/mol. The van der Waals surface area contributed by atoms with Crippen LogP contribution in [0.5, 0.6) is 11.5 Å². The molecule has 61 heavy (non-hydrogen) atoms. The fourth-order valence-corrected chi connectivity index (χ4v) is 9.74. The molecule has 1 aliphatic carbocycles. The summed E-state index contributed by atoms with van der Waals surface area (Å²) in [5.41, 5.74) is 11.3. The molecule has 0 radical (unpaired) electrons. The van der Waals surface area contributed by atoms with Gasteiger partial charge in [-0.25, -0.2) is 15.0 Å². The van der Waals surface area contributed by atoms with Crippen molar-refractivity contribution in [3.8, 4) is 74.6 Å². The van der Waals surface area contributed by atoms with Gasteiger partial charge >= 0.3 is 0 Å². The second-order valence-corrected chi connectivity index (χ2v) is 15.3. The number of aromatic nitrogens is 4. The highest BCUT2D eigenvalue weighted by atomic mass is 16.5. The van der Waals surface area contributed by atoms with Gasteiger partial charge in [0.05, 0.1) is 39.3 Å². The number of para-hydroxylation sites is 3. The van der Waals surface area contributed by atoms with E-state index >= 15 is 0 Å². The summed E-state index contributed by atoms with van der Waals surface area (Å²) in [6.45, 7) is 0. The van der Waals surface area contributed by atoms with Crippen LogP contribution in [0.15, 0.2) is 182 Å². The molecule has 0 amide bonds. The summed E-state index contributed by atoms with van der Waals surface area (Å²) in [6, 6.07) is 66.0. The standard InChI is InChI=1S/C54H30N6O/c55-31-35-30-46(36(32-56)29-40(35)53-58-51(33-15-3-1-4-16-33)57-52(59-53)34-17-5-2-6-18-34)60-44-24-12-8-20-39(44)49-45(60)28-27-38-37-19-7-9-21-41(37)54(50(38)49)42-22-10-13-25-47(42)61-48-26-14-11-23-43(48)54/h1-30H. The van der Waals surface area contributed by atoms with Crippen LogP contribution in [-0.2, 0) is 5.41 Å². The minimum absolute atomic E-state index is 0.309. The van der Waals surface area contributed by atoms with E-state index in [-0.39, 0.29) is 0 Å². The normalized spacial score (nSPS) is 12.8. The topological polar surface area (TPSA) is 100 Å². The summed E-state index contributed by atoms with van der Waals surface area (Å²) in [5.74, 6) is 2.88. The zero-order chi connectivity index (χ0) is 40.7. The van der Waals surface area contributed by atoms with Crippen LogP contribution in [0.2, 0.25) is 0 Å². The number of nitriles is 2. The van der Waals surface area contributed by atoms with Crippen molar-refractivity contribution in [2.45, 2.75) is 5.41 Å². The maximum atomic E-state index is 11.0. The second-order valence-electron chi connectivity index (χ2n) is 15.3. The molecule has 1 aliphatic heterocycles. The number of rotatable bonds is 4. The quantitative estimate of drug-likeness (QED) is 0.176. The fraction of sp³-hybridized carbons (Fsp3) is 0.0185. The van der Waals surface area contributed by atoms with E-state index in [1.807, 2.05) is 84.9 Å². The van der Waals surface area contributed by atoms with Crippen molar-refractivity contribution < 1.29 is 4.74 Å². The number of nitrogens with zero attached hydrogens (tertiary/aromatic N) is 6. The molecule has 0 N–H and O–H groups in total. The van der Waals surface area contributed by atoms with E-state index in [1.54, 1.807) is 6.07 Å². The van der Waals surface area contributed by atoms with Gasteiger partial charge < -0.3 is 9.30 Å². The summed E-state index contributed by atoms with van der Waals surface area (Å²) >= 11 is 0. The smallest absolute Gasteiger partial charge is 0.165 e. The van der Waals surface area contributed by atoms with Crippen LogP contribution in [0.25, 0.3) is 72.8 Å². The third kappa shape index (κ3) is 4.86. The molecule has 0 bridgehead atoms. The third-order valence-electron chi connectivity index (χ3n) is 12.2. The third-order valence-corrected chi connectivity index (χ3v) is 12.2. The molecule has 0 atom stereocenters. The molecular weight excluding hydrogens is 749 g/mol. The van der Waals surface area contributed by atoms with Gasteiger partial charge in [0.1, 0.15) is 17.6 Å². The minimum Gasteiger partial charge on any atom is -0.457 e. The number of benzene rings is 8. The Labute approximate surface area is 350 Å². The minimum atomic E-state index is -0.711. The number of ether oxygens (including phenoxy) is 1. The Balaban J connectivity index is 1.15. The maximum Gasteiger partial charge on any atom is 0.165 e. The summed E-state index contributed by atoms with van der Waals surface area (Å²) in [4.78, 5) is 14.7. The van der Waals surface area contributed by atoms with Crippen molar-refractivity contribution >= 4 is 21.8 Å². The lowest BCUT2D eigenvalue weighted by atomic mass is 9.65. The average Bonchev–Trinajstić information content (AvgIpc) is 3.82. The van der Waals surface area contributed by atoms with E-state index in [2.05, 4.69) is 108 Å². The van der Waals surface area contributed by atoms with Crippen molar-refractivity contribution in [1.82, 2.24) is 19.5 Å². The zero-order valence-electron chi connectivity index (χ0n) is 32.4. The van der Waals surface area contributed by atoms with E-state index in [1.165, 1.54) is 11.1 Å². The van der Waals surface area contributed by atoms with Crippen molar-refractivity contribution in [1.29, 1.82) is 10.5 Å². The van der Waals surface area contributed by atoms with Gasteiger partial charge in [-0.3, -0.25) is 0 Å². The SMILES string of the molecule is N#Cc1cc(-n2c3ccccc3c3c4c(ccc32)-c2ccccc2C42c3ccccc3Oc3ccccc32)c(C#N)cc1-c1nc(-c2ccccc2)nc(-c2ccccc2)n1. The van der Waals surface area contributed by atoms with E-state index in [4.69, 9.17) is 19.7 Å². The Morgan fingerprint density at radius 2 is 1.02 bits per heavy atom. The van der Waals surface area contributed by atoms with Gasteiger partial charge in [-0.15, -0.1) is 0 Å². The lowest BCUT2D eigenvalue weighted by Gasteiger charge is -2.39. The van der Waals surface area contributed by atoms with E-state index < -0.39 is 5.41 Å². The average molecular weight is 779 g/mol. The maximum absolute atomic E-state index is 11.0. The van der Waals surface area contributed by atoms with Gasteiger partial charge in [-0.05, 0) is 58.7 Å². The van der Waals surface area contributed by atoms with Gasteiger partial charge in [0.25, 0.3) is 0 Å². The largest absolute Gasteiger partial charge is 0.457 e. The zero-order valence-corrected chi connectivity index (χ0v) is 32.4. The van der Waals surface area contributed by atoms with Gasteiger partial charge in [-0.2, -0.15) is 10.5 Å². The number of hydrogen-bond acceptors (Lipinski definition) is 6. The van der Waals surface area contributed by atoms with Gasteiger partial charge in [0.15, 0.2) is 17.5 Å². The molecule has 7 nitrogen and oxygen atoms in total. The first-order valence-electron chi connectivity index (χ1n) is 20.1. The first kappa shape index (κ1) is 34.4. The Hall–Kier alpha value is -8.65. The lowest BCUT2D eigenvalue weighted by molar-refractivity contribution is 0.437. The number of fused-ring (bicyclic) bond motifs is 13. The molecule has 8 aromatic carbocycles. The molecule has 282 valence electrons. The van der Waals surface area contributed by atoms with Gasteiger partial charge in [0.2, 0.25) is 0 Å². The molecule has 0 unspecified atom stereocenters. The summed E-state index contributed by atoms with van der Waals surface area (Å²) < 4.78 is 8.79. The van der Waals surface area contributed by atoms with E-state index in [9.17, 15) is 10.5 Å². The van der Waals surface area contributed by atoms with Gasteiger partial charge in [0, 0.05) is 38.6 Å². The van der Waals surface area contributed by atoms with Gasteiger partial charge in [-0.1, -0.05) is 146 Å². The van der Waals surface area contributed by atoms with Crippen LogP contribution in [0.3, 0.4) is 0 Å². The second kappa shape index (κ2) is 13.2. The van der Waals surface area contributed by atoms with Crippen LogP contribution < -0.4 is 4.74 Å². The lowest BCUT2D eigenvalue weighted by Crippen LogP contribution is -2.32. The molecular formula is C54H30N6O. The van der Waals surface area contributed by atoms with Crippen LogP contribution in [0.1, 0.15) is 33.4 Å². The summed E-state index contributed by atoms with van der Waals surface area (Å²) in [6.07, 6.45) is 0. The van der Waals surface area contributed by atoms with Crippen molar-refractivity contribution in [2.24, 2.45) is 0 Å². The molecule has 7 heteroatoms. The molecule has 1 spiro atoms. The Kier molecular flexibility index (Phi) is 7.44. The van der Waals surface area contributed by atoms with Crippen LogP contribution in [0.4, 0.5) is 0 Å². The molecule has 0 saturated carbocycles. The highest BCUT2D eigenvalue weighted by Gasteiger charge is 2.52. The summed E-state index contributed by atoms with van der Waals surface area (Å²) in [7, 11) is 0. The molecule has 3 heterocycles. The number of hydrogen-bond donors (Lipinski definition) is 0. The molecule has 0 saturated heterocycles. The Bertz CT molecular complexity index is 3440. The summed E-state index contributed by atoms with van der Waals surface area (Å²) in [5, 5.41) is 24.1. The fourth-order valence-electron chi connectivity index (χ4n) is 9.74. The first-order valence-corrected chi connectivity index (χ1v) is 20.1. The highest BCUT2D eigenvalue weighted by Crippen LogP contribution is 2.64. The monoisotopic (exact) mass is 778 g/mol. The van der Waals surface area contributed by atoms with Crippen LogP contribution in [-0.4, -0.2) is 19.5 Å². The van der Waals surface area contributed by atoms with Crippen LogP contribution >= 0.6 is 0 Å². The molecule has 0 fully saturated rings. The molecule has 2 aromatic heterocycles. The van der Waals surface area contributed by atoms with Crippen molar-refractivity contribution in [2.75, 3.05) is 0 Å². The highest BCUT2D eigenvalue weighted by molar-refractivity contribution is 6.15. The molecule has 10 aromatic rings. The van der Waals surface area contributed by atoms with Crippen molar-refractivity contribution in [3.63, 3.8) is 0 Å². The predicted octanol–water partition coefficient (Wildman–Crippen LogP) is 12.2. The first-order chi connectivity index (χ1) is 30.2. The van der Waals surface area contributed by atoms with E-state index in [0.717, 1.165) is 66.7 Å². The Morgan fingerprint density at radius 3 is 1.67 bits per heavy atom. The van der Waals surface area contributed by atoms with E-state index in [0.29, 0.717) is 39.9 Å². The molecule has 12 rings (SSSR count). The molecule has 2 aliphatic rings. The van der Waals surface area contributed by atoms with Crippen LogP contribution in [0, 0.1) is 22.7 Å². The van der Waals surface area contributed by atoms with Crippen molar-refractivity contribution in [3.05, 3.63) is 215 Å². The Morgan fingerprint density at radius 1 is 0.459 bits per heavy atom.